The molecule has 1 atom stereocenters. The Morgan fingerprint density at radius 1 is 1.67 bits per heavy atom. The molecule has 78 valence electrons. The van der Waals surface area contributed by atoms with Crippen LogP contribution in [0.2, 0.25) is 0 Å². The van der Waals surface area contributed by atoms with E-state index in [-0.39, 0.29) is 5.91 Å². The van der Waals surface area contributed by atoms with E-state index in [0.717, 1.165) is 6.42 Å². The van der Waals surface area contributed by atoms with Crippen molar-refractivity contribution in [1.82, 2.24) is 15.5 Å². The summed E-state index contributed by atoms with van der Waals surface area (Å²) in [6.07, 6.45) is 4.32. The Kier molecular flexibility index (Phi) is 4.23. The third-order valence-electron chi connectivity index (χ3n) is 1.88. The first-order valence-corrected chi connectivity index (χ1v) is 4.75. The minimum absolute atomic E-state index is 0.287. The quantitative estimate of drug-likeness (QED) is 0.790. The zero-order chi connectivity index (χ0) is 11.1. The van der Waals surface area contributed by atoms with Crippen molar-refractivity contribution in [1.29, 1.82) is 5.26 Å². The van der Waals surface area contributed by atoms with Crippen molar-refractivity contribution < 1.29 is 4.79 Å². The fraction of sp³-hybridized carbons (Fsp3) is 0.400. The summed E-state index contributed by atoms with van der Waals surface area (Å²) in [6.45, 7) is 1.96. The Hall–Kier alpha value is -1.96. The van der Waals surface area contributed by atoms with E-state index in [1.54, 1.807) is 6.07 Å². The summed E-state index contributed by atoms with van der Waals surface area (Å²) in [5.74, 6) is -0.287. The minimum atomic E-state index is -0.435. The zero-order valence-corrected chi connectivity index (χ0v) is 8.47. The Labute approximate surface area is 88.1 Å². The third-order valence-corrected chi connectivity index (χ3v) is 1.88. The number of rotatable bonds is 4. The highest BCUT2D eigenvalue weighted by Crippen LogP contribution is 1.99. The van der Waals surface area contributed by atoms with Crippen molar-refractivity contribution in [3.63, 3.8) is 0 Å². The molecule has 0 aromatic carbocycles. The van der Waals surface area contributed by atoms with Crippen LogP contribution in [-0.2, 0) is 0 Å². The smallest absolute Gasteiger partial charge is 0.254 e. The lowest BCUT2D eigenvalue weighted by Gasteiger charge is -2.09. The van der Waals surface area contributed by atoms with Gasteiger partial charge in [0.05, 0.1) is 24.0 Å². The number of nitrogens with one attached hydrogen (secondary N) is 1. The minimum Gasteiger partial charge on any atom is -0.336 e. The second kappa shape index (κ2) is 5.70. The highest BCUT2D eigenvalue weighted by Gasteiger charge is 2.11. The maximum atomic E-state index is 11.6. The molecule has 1 N–H and O–H groups in total. The van der Waals surface area contributed by atoms with Gasteiger partial charge in [-0.15, -0.1) is 0 Å². The SMILES string of the molecule is CCCC(C#N)NC(=O)c1ccnnc1. The van der Waals surface area contributed by atoms with E-state index in [9.17, 15) is 4.79 Å². The molecule has 1 aromatic heterocycles. The summed E-state index contributed by atoms with van der Waals surface area (Å²) < 4.78 is 0. The molecule has 0 aliphatic rings. The molecule has 1 aromatic rings. The Morgan fingerprint density at radius 3 is 3.00 bits per heavy atom. The normalized spacial score (nSPS) is 11.5. The van der Waals surface area contributed by atoms with Gasteiger partial charge in [0, 0.05) is 0 Å². The number of amides is 1. The molecule has 0 fully saturated rings. The van der Waals surface area contributed by atoms with Gasteiger partial charge in [-0.25, -0.2) is 0 Å². The van der Waals surface area contributed by atoms with Gasteiger partial charge in [0.15, 0.2) is 0 Å². The standard InChI is InChI=1S/C10H12N4O/c1-2-3-9(6-11)14-10(15)8-4-5-12-13-7-8/h4-5,7,9H,2-3H2,1H3,(H,14,15). The molecule has 5 nitrogen and oxygen atoms in total. The fourth-order valence-electron chi connectivity index (χ4n) is 1.12. The molecule has 1 heterocycles. The summed E-state index contributed by atoms with van der Waals surface area (Å²) in [7, 11) is 0. The Morgan fingerprint density at radius 2 is 2.47 bits per heavy atom. The van der Waals surface area contributed by atoms with E-state index in [1.807, 2.05) is 13.0 Å². The number of carbonyl (C=O) groups excluding carboxylic acids is 1. The second-order valence-electron chi connectivity index (χ2n) is 3.07. The van der Waals surface area contributed by atoms with Crippen LogP contribution < -0.4 is 5.32 Å². The predicted octanol–water partition coefficient (Wildman–Crippen LogP) is 0.899. The van der Waals surface area contributed by atoms with Gasteiger partial charge in [-0.2, -0.15) is 15.5 Å². The van der Waals surface area contributed by atoms with Gasteiger partial charge in [-0.1, -0.05) is 13.3 Å². The van der Waals surface area contributed by atoms with Crippen LogP contribution in [0.25, 0.3) is 0 Å². The molecular formula is C10H12N4O. The first-order valence-electron chi connectivity index (χ1n) is 4.75. The van der Waals surface area contributed by atoms with Gasteiger partial charge in [-0.05, 0) is 12.5 Å². The van der Waals surface area contributed by atoms with Crippen molar-refractivity contribution in [2.24, 2.45) is 0 Å². The topological polar surface area (TPSA) is 78.7 Å². The lowest BCUT2D eigenvalue weighted by atomic mass is 10.2. The lowest BCUT2D eigenvalue weighted by molar-refractivity contribution is 0.0943. The third kappa shape index (κ3) is 3.35. The van der Waals surface area contributed by atoms with Gasteiger partial charge in [0.25, 0.3) is 5.91 Å². The molecule has 0 spiro atoms. The predicted molar refractivity (Wildman–Crippen MR) is 53.8 cm³/mol. The molecule has 1 unspecified atom stereocenters. The molecular weight excluding hydrogens is 192 g/mol. The summed E-state index contributed by atoms with van der Waals surface area (Å²) in [5.41, 5.74) is 0.418. The van der Waals surface area contributed by atoms with Gasteiger partial charge < -0.3 is 5.32 Å². The fourth-order valence-corrected chi connectivity index (χ4v) is 1.12. The molecule has 0 saturated heterocycles. The van der Waals surface area contributed by atoms with Crippen LogP contribution in [-0.4, -0.2) is 22.1 Å². The van der Waals surface area contributed by atoms with E-state index >= 15 is 0 Å². The molecule has 1 rings (SSSR count). The van der Waals surface area contributed by atoms with Crippen molar-refractivity contribution in [2.45, 2.75) is 25.8 Å². The van der Waals surface area contributed by atoms with E-state index in [4.69, 9.17) is 5.26 Å². The van der Waals surface area contributed by atoms with E-state index < -0.39 is 6.04 Å². The van der Waals surface area contributed by atoms with Gasteiger partial charge >= 0.3 is 0 Å². The summed E-state index contributed by atoms with van der Waals surface area (Å²) in [5, 5.41) is 18.5. The molecule has 0 saturated carbocycles. The monoisotopic (exact) mass is 204 g/mol. The van der Waals surface area contributed by atoms with E-state index in [1.165, 1.54) is 12.4 Å². The average molecular weight is 204 g/mol. The second-order valence-corrected chi connectivity index (χ2v) is 3.07. The first-order chi connectivity index (χ1) is 7.27. The maximum absolute atomic E-state index is 11.6. The van der Waals surface area contributed by atoms with Crippen LogP contribution in [0.3, 0.4) is 0 Å². The van der Waals surface area contributed by atoms with Crippen LogP contribution in [0.5, 0.6) is 0 Å². The molecule has 0 radical (unpaired) electrons. The number of nitriles is 1. The lowest BCUT2D eigenvalue weighted by Crippen LogP contribution is -2.33. The van der Waals surface area contributed by atoms with Crippen LogP contribution in [0.15, 0.2) is 18.5 Å². The van der Waals surface area contributed by atoms with Gasteiger partial charge in [0.2, 0.25) is 0 Å². The van der Waals surface area contributed by atoms with Gasteiger partial charge in [-0.3, -0.25) is 4.79 Å². The number of aromatic nitrogens is 2. The molecule has 0 aliphatic heterocycles. The van der Waals surface area contributed by atoms with E-state index in [2.05, 4.69) is 15.5 Å². The first kappa shape index (κ1) is 11.1. The van der Waals surface area contributed by atoms with E-state index in [0.29, 0.717) is 12.0 Å². The number of hydrogen-bond donors (Lipinski definition) is 1. The highest BCUT2D eigenvalue weighted by molar-refractivity contribution is 5.94. The summed E-state index contributed by atoms with van der Waals surface area (Å²) in [4.78, 5) is 11.6. The van der Waals surface area contributed by atoms with Crippen LogP contribution in [0.1, 0.15) is 30.1 Å². The summed E-state index contributed by atoms with van der Waals surface area (Å²) >= 11 is 0. The molecule has 5 heteroatoms. The van der Waals surface area contributed by atoms with Crippen LogP contribution in [0.4, 0.5) is 0 Å². The van der Waals surface area contributed by atoms with Crippen molar-refractivity contribution >= 4 is 5.91 Å². The maximum Gasteiger partial charge on any atom is 0.254 e. The molecule has 1 amide bonds. The van der Waals surface area contributed by atoms with Gasteiger partial charge in [0.1, 0.15) is 6.04 Å². The Balaban J connectivity index is 2.60. The largest absolute Gasteiger partial charge is 0.336 e. The van der Waals surface area contributed by atoms with Crippen molar-refractivity contribution in [3.8, 4) is 6.07 Å². The molecule has 0 bridgehead atoms. The van der Waals surface area contributed by atoms with Crippen molar-refractivity contribution in [3.05, 3.63) is 24.0 Å². The highest BCUT2D eigenvalue weighted by atomic mass is 16.1. The van der Waals surface area contributed by atoms with Crippen LogP contribution in [0, 0.1) is 11.3 Å². The number of hydrogen-bond acceptors (Lipinski definition) is 4. The van der Waals surface area contributed by atoms with Crippen LogP contribution >= 0.6 is 0 Å². The Bertz CT molecular complexity index is 357. The molecule has 0 aliphatic carbocycles. The zero-order valence-electron chi connectivity index (χ0n) is 8.47. The van der Waals surface area contributed by atoms with Crippen molar-refractivity contribution in [2.75, 3.05) is 0 Å². The number of nitrogens with zero attached hydrogens (tertiary/aromatic N) is 3. The molecule has 15 heavy (non-hydrogen) atoms. The summed E-state index contributed by atoms with van der Waals surface area (Å²) in [6, 6.07) is 3.16. The number of carbonyl (C=O) groups is 1. The average Bonchev–Trinajstić information content (AvgIpc) is 2.29.